The Morgan fingerprint density at radius 3 is 2.68 bits per heavy atom. The number of nitrogens with zero attached hydrogens (tertiary/aromatic N) is 5. The van der Waals surface area contributed by atoms with E-state index < -0.39 is 6.10 Å². The third-order valence-electron chi connectivity index (χ3n) is 4.24. The Hall–Kier alpha value is -2.51. The second-order valence-corrected chi connectivity index (χ2v) is 5.89. The summed E-state index contributed by atoms with van der Waals surface area (Å²) in [6.45, 7) is 4.00. The Morgan fingerprint density at radius 1 is 1.20 bits per heavy atom. The molecule has 0 bridgehead atoms. The highest BCUT2D eigenvalue weighted by molar-refractivity contribution is 6.03. The number of piperazine rings is 1. The summed E-state index contributed by atoms with van der Waals surface area (Å²) in [7, 11) is 1.48. The highest BCUT2D eigenvalue weighted by Gasteiger charge is 2.23. The Kier molecular flexibility index (Phi) is 5.92. The van der Waals surface area contributed by atoms with Crippen molar-refractivity contribution in [2.45, 2.75) is 6.10 Å². The number of aromatic nitrogens is 2. The molecule has 1 unspecified atom stereocenters. The molecule has 25 heavy (non-hydrogen) atoms. The van der Waals surface area contributed by atoms with Gasteiger partial charge in [-0.15, -0.1) is 0 Å². The molecule has 7 nitrogen and oxygen atoms in total. The summed E-state index contributed by atoms with van der Waals surface area (Å²) in [5, 5.41) is 14.6. The lowest BCUT2D eigenvalue weighted by Gasteiger charge is -2.36. The first-order chi connectivity index (χ1) is 12.3. The van der Waals surface area contributed by atoms with Crippen LogP contribution >= 0.6 is 0 Å². The molecule has 1 atom stereocenters. The maximum atomic E-state index is 10.6. The number of hydrogen-bond donors (Lipinski definition) is 1. The SMILES string of the molecule is CO/N=C(\c1cccnc1)C(O)CN1CCN(c2ccccn2)CC1. The zero-order chi connectivity index (χ0) is 17.5. The Labute approximate surface area is 147 Å². The number of oxime groups is 1. The van der Waals surface area contributed by atoms with E-state index in [4.69, 9.17) is 4.84 Å². The van der Waals surface area contributed by atoms with E-state index in [9.17, 15) is 5.11 Å². The van der Waals surface area contributed by atoms with Crippen LogP contribution in [0.3, 0.4) is 0 Å². The molecule has 0 saturated carbocycles. The van der Waals surface area contributed by atoms with Crippen LogP contribution in [0.1, 0.15) is 5.56 Å². The molecule has 1 fully saturated rings. The molecule has 1 saturated heterocycles. The van der Waals surface area contributed by atoms with Crippen molar-refractivity contribution in [2.24, 2.45) is 5.16 Å². The normalized spacial score (nSPS) is 17.4. The van der Waals surface area contributed by atoms with Crippen molar-refractivity contribution < 1.29 is 9.94 Å². The quantitative estimate of drug-likeness (QED) is 0.624. The van der Waals surface area contributed by atoms with Gasteiger partial charge in [0.1, 0.15) is 24.7 Å². The number of anilines is 1. The monoisotopic (exact) mass is 341 g/mol. The maximum absolute atomic E-state index is 10.6. The first-order valence-electron chi connectivity index (χ1n) is 8.36. The summed E-state index contributed by atoms with van der Waals surface area (Å²) < 4.78 is 0. The van der Waals surface area contributed by atoms with Gasteiger partial charge in [-0.1, -0.05) is 11.2 Å². The predicted molar refractivity (Wildman–Crippen MR) is 96.7 cm³/mol. The summed E-state index contributed by atoms with van der Waals surface area (Å²) in [4.78, 5) is 17.9. The molecule has 2 aromatic heterocycles. The zero-order valence-corrected chi connectivity index (χ0v) is 14.3. The molecule has 3 rings (SSSR count). The summed E-state index contributed by atoms with van der Waals surface area (Å²) in [6, 6.07) is 9.63. The topological polar surface area (TPSA) is 74.1 Å². The second-order valence-electron chi connectivity index (χ2n) is 5.89. The molecule has 0 aliphatic carbocycles. The van der Waals surface area contributed by atoms with Crippen LogP contribution in [0.15, 0.2) is 54.1 Å². The molecule has 132 valence electrons. The lowest BCUT2D eigenvalue weighted by Crippen LogP contribution is -2.50. The molecular weight excluding hydrogens is 318 g/mol. The van der Waals surface area contributed by atoms with Gasteiger partial charge in [-0.2, -0.15) is 0 Å². The number of pyridine rings is 2. The Balaban J connectivity index is 1.58. The van der Waals surface area contributed by atoms with Crippen LogP contribution < -0.4 is 4.90 Å². The van der Waals surface area contributed by atoms with Crippen LogP contribution in [0.5, 0.6) is 0 Å². The summed E-state index contributed by atoms with van der Waals surface area (Å²) in [5.41, 5.74) is 1.27. The summed E-state index contributed by atoms with van der Waals surface area (Å²) in [5.74, 6) is 1.000. The minimum Gasteiger partial charge on any atom is -0.399 e. The van der Waals surface area contributed by atoms with Crippen molar-refractivity contribution in [2.75, 3.05) is 44.7 Å². The van der Waals surface area contributed by atoms with Crippen molar-refractivity contribution in [3.63, 3.8) is 0 Å². The van der Waals surface area contributed by atoms with Crippen molar-refractivity contribution >= 4 is 11.5 Å². The van der Waals surface area contributed by atoms with Gasteiger partial charge in [-0.3, -0.25) is 9.88 Å². The number of hydrogen-bond acceptors (Lipinski definition) is 7. The third kappa shape index (κ3) is 4.52. The first-order valence-corrected chi connectivity index (χ1v) is 8.36. The standard InChI is InChI=1S/C18H23N5O2/c1-25-21-18(15-5-4-7-19-13-15)16(24)14-22-9-11-23(12-10-22)17-6-2-3-8-20-17/h2-8,13,16,24H,9-12,14H2,1H3/b21-18+. The molecule has 3 heterocycles. The molecule has 0 amide bonds. The molecule has 0 aromatic carbocycles. The van der Waals surface area contributed by atoms with E-state index in [2.05, 4.69) is 24.9 Å². The lowest BCUT2D eigenvalue weighted by atomic mass is 10.1. The fourth-order valence-electron chi connectivity index (χ4n) is 2.95. The van der Waals surface area contributed by atoms with Crippen LogP contribution in [-0.2, 0) is 4.84 Å². The van der Waals surface area contributed by atoms with Gasteiger partial charge in [0.25, 0.3) is 0 Å². The van der Waals surface area contributed by atoms with Crippen LogP contribution in [0.25, 0.3) is 0 Å². The summed E-state index contributed by atoms with van der Waals surface area (Å²) >= 11 is 0. The van der Waals surface area contributed by atoms with Gasteiger partial charge in [-0.05, 0) is 24.3 Å². The fraction of sp³-hybridized carbons (Fsp3) is 0.389. The van der Waals surface area contributed by atoms with Gasteiger partial charge in [0.2, 0.25) is 0 Å². The van der Waals surface area contributed by atoms with Crippen LogP contribution in [0.2, 0.25) is 0 Å². The molecule has 7 heteroatoms. The fourth-order valence-corrected chi connectivity index (χ4v) is 2.95. The predicted octanol–water partition coefficient (Wildman–Crippen LogP) is 1.01. The average Bonchev–Trinajstić information content (AvgIpc) is 2.68. The average molecular weight is 341 g/mol. The van der Waals surface area contributed by atoms with Gasteiger partial charge in [0.15, 0.2) is 0 Å². The summed E-state index contributed by atoms with van der Waals surface area (Å²) in [6.07, 6.45) is 4.45. The van der Waals surface area contributed by atoms with E-state index in [1.165, 1.54) is 7.11 Å². The molecular formula is C18H23N5O2. The highest BCUT2D eigenvalue weighted by atomic mass is 16.6. The minimum absolute atomic E-state index is 0.503. The van der Waals surface area contributed by atoms with Gasteiger partial charge >= 0.3 is 0 Å². The van der Waals surface area contributed by atoms with E-state index in [0.29, 0.717) is 12.3 Å². The van der Waals surface area contributed by atoms with Gasteiger partial charge in [-0.25, -0.2) is 4.98 Å². The molecule has 2 aromatic rings. The Morgan fingerprint density at radius 2 is 2.04 bits per heavy atom. The van der Waals surface area contributed by atoms with Gasteiger partial charge < -0.3 is 14.8 Å². The van der Waals surface area contributed by atoms with Gasteiger partial charge in [0, 0.05) is 56.9 Å². The van der Waals surface area contributed by atoms with Gasteiger partial charge in [0.05, 0.1) is 0 Å². The van der Waals surface area contributed by atoms with Crippen molar-refractivity contribution in [1.29, 1.82) is 0 Å². The van der Waals surface area contributed by atoms with E-state index in [-0.39, 0.29) is 0 Å². The van der Waals surface area contributed by atoms with Crippen LogP contribution in [-0.4, -0.2) is 71.6 Å². The minimum atomic E-state index is -0.731. The van der Waals surface area contributed by atoms with E-state index in [1.54, 1.807) is 12.4 Å². The smallest absolute Gasteiger partial charge is 0.128 e. The van der Waals surface area contributed by atoms with Crippen molar-refractivity contribution in [3.05, 3.63) is 54.5 Å². The Bertz CT molecular complexity index is 672. The molecule has 1 aliphatic rings. The molecule has 1 aliphatic heterocycles. The number of aliphatic hydroxyl groups excluding tert-OH is 1. The zero-order valence-electron chi connectivity index (χ0n) is 14.3. The van der Waals surface area contributed by atoms with E-state index in [0.717, 1.165) is 37.6 Å². The van der Waals surface area contributed by atoms with Crippen molar-refractivity contribution in [1.82, 2.24) is 14.9 Å². The number of aliphatic hydroxyl groups is 1. The highest BCUT2D eigenvalue weighted by Crippen LogP contribution is 2.13. The maximum Gasteiger partial charge on any atom is 0.128 e. The number of rotatable bonds is 6. The van der Waals surface area contributed by atoms with E-state index in [1.807, 2.05) is 36.5 Å². The molecule has 0 radical (unpaired) electrons. The molecule has 0 spiro atoms. The largest absolute Gasteiger partial charge is 0.399 e. The van der Waals surface area contributed by atoms with E-state index >= 15 is 0 Å². The molecule has 1 N–H and O–H groups in total. The lowest BCUT2D eigenvalue weighted by molar-refractivity contribution is 0.146. The second kappa shape index (κ2) is 8.55. The van der Waals surface area contributed by atoms with Crippen LogP contribution in [0.4, 0.5) is 5.82 Å². The first kappa shape index (κ1) is 17.3. The number of β-amino-alcohol motifs (C(OH)–C–C–N with tert-alkyl or cyclic N) is 1. The third-order valence-corrected chi connectivity index (χ3v) is 4.24. The van der Waals surface area contributed by atoms with Crippen molar-refractivity contribution in [3.8, 4) is 0 Å². The van der Waals surface area contributed by atoms with Crippen LogP contribution in [0, 0.1) is 0 Å².